The first kappa shape index (κ1) is 19.9. The Balaban J connectivity index is 2.01. The van der Waals surface area contributed by atoms with Crippen molar-refractivity contribution >= 4 is 10.0 Å². The molecule has 0 radical (unpaired) electrons. The number of nitriles is 1. The highest BCUT2D eigenvalue weighted by atomic mass is 32.2. The molecule has 0 N–H and O–H groups in total. The van der Waals surface area contributed by atoms with Gasteiger partial charge in [0.15, 0.2) is 0 Å². The highest BCUT2D eigenvalue weighted by Gasteiger charge is 2.24. The zero-order valence-electron chi connectivity index (χ0n) is 15.4. The van der Waals surface area contributed by atoms with Crippen molar-refractivity contribution in [3.05, 3.63) is 35.4 Å². The second-order valence-corrected chi connectivity index (χ2v) is 9.62. The Kier molecular flexibility index (Phi) is 6.61. The van der Waals surface area contributed by atoms with Gasteiger partial charge in [0.1, 0.15) is 6.54 Å². The summed E-state index contributed by atoms with van der Waals surface area (Å²) >= 11 is 0. The molecule has 1 heterocycles. The van der Waals surface area contributed by atoms with Gasteiger partial charge in [-0.05, 0) is 35.8 Å². The molecule has 1 aromatic rings. The highest BCUT2D eigenvalue weighted by Crippen LogP contribution is 2.24. The first-order valence-electron chi connectivity index (χ1n) is 8.78. The second kappa shape index (κ2) is 8.31. The molecule has 2 rings (SSSR count). The molecular weight excluding hydrogens is 336 g/mol. The standard InChI is InChI=1S/C19H28N2O3S/c1-19(2,3)17-8-6-7-16(13-17)15-25(22,23)21(12-10-20)11-5-4-9-18-14-24-18/h6-8,13,18H,4-5,9,11-12,14-15H2,1-3H3. The molecule has 1 saturated heterocycles. The normalized spacial score (nSPS) is 17.5. The van der Waals surface area contributed by atoms with Gasteiger partial charge in [-0.1, -0.05) is 45.0 Å². The van der Waals surface area contributed by atoms with Crippen LogP contribution >= 0.6 is 0 Å². The average molecular weight is 365 g/mol. The van der Waals surface area contributed by atoms with Gasteiger partial charge in [0.25, 0.3) is 0 Å². The number of epoxide rings is 1. The Hall–Kier alpha value is -1.42. The van der Waals surface area contributed by atoms with Crippen LogP contribution in [0.5, 0.6) is 0 Å². The van der Waals surface area contributed by atoms with Gasteiger partial charge in [-0.3, -0.25) is 0 Å². The predicted octanol–water partition coefficient (Wildman–Crippen LogP) is 3.21. The van der Waals surface area contributed by atoms with Crippen molar-refractivity contribution in [1.82, 2.24) is 4.31 Å². The van der Waals surface area contributed by atoms with Gasteiger partial charge in [-0.25, -0.2) is 8.42 Å². The molecule has 0 amide bonds. The minimum atomic E-state index is -3.51. The van der Waals surface area contributed by atoms with Crippen LogP contribution in [-0.4, -0.2) is 38.5 Å². The first-order valence-corrected chi connectivity index (χ1v) is 10.4. The summed E-state index contributed by atoms with van der Waals surface area (Å²) < 4.78 is 32.0. The molecule has 1 aromatic carbocycles. The molecule has 1 atom stereocenters. The summed E-state index contributed by atoms with van der Waals surface area (Å²) in [6.45, 7) is 7.43. The fraction of sp³-hybridized carbons (Fsp3) is 0.632. The summed E-state index contributed by atoms with van der Waals surface area (Å²) in [6, 6.07) is 9.68. The van der Waals surface area contributed by atoms with Crippen LogP contribution in [0.3, 0.4) is 0 Å². The molecule has 1 fully saturated rings. The van der Waals surface area contributed by atoms with E-state index in [1.165, 1.54) is 4.31 Å². The summed E-state index contributed by atoms with van der Waals surface area (Å²) in [5.41, 5.74) is 1.84. The Labute approximate surface area is 151 Å². The number of sulfonamides is 1. The van der Waals surface area contributed by atoms with E-state index < -0.39 is 10.0 Å². The first-order chi connectivity index (χ1) is 11.7. The number of benzene rings is 1. The maximum atomic E-state index is 12.7. The quantitative estimate of drug-likeness (QED) is 0.383. The van der Waals surface area contributed by atoms with E-state index in [0.717, 1.165) is 37.0 Å². The molecule has 0 saturated carbocycles. The molecule has 1 aliphatic heterocycles. The smallest absolute Gasteiger partial charge is 0.219 e. The van der Waals surface area contributed by atoms with Crippen LogP contribution in [0, 0.1) is 11.3 Å². The molecule has 25 heavy (non-hydrogen) atoms. The minimum Gasteiger partial charge on any atom is -0.373 e. The SMILES string of the molecule is CC(C)(C)c1cccc(CS(=O)(=O)N(CC#N)CCCCC2CO2)c1. The van der Waals surface area contributed by atoms with E-state index in [9.17, 15) is 8.42 Å². The summed E-state index contributed by atoms with van der Waals surface area (Å²) in [5, 5.41) is 9.00. The van der Waals surface area contributed by atoms with Crippen molar-refractivity contribution in [3.63, 3.8) is 0 Å². The Morgan fingerprint density at radius 3 is 2.64 bits per heavy atom. The maximum Gasteiger partial charge on any atom is 0.219 e. The molecule has 1 unspecified atom stereocenters. The van der Waals surface area contributed by atoms with Gasteiger partial charge in [0, 0.05) is 6.54 Å². The number of ether oxygens (including phenoxy) is 1. The fourth-order valence-electron chi connectivity index (χ4n) is 2.72. The predicted molar refractivity (Wildman–Crippen MR) is 98.5 cm³/mol. The van der Waals surface area contributed by atoms with Crippen LogP contribution in [0.4, 0.5) is 0 Å². The van der Waals surface area contributed by atoms with Gasteiger partial charge < -0.3 is 4.74 Å². The monoisotopic (exact) mass is 364 g/mol. The topological polar surface area (TPSA) is 73.7 Å². The van der Waals surface area contributed by atoms with Crippen molar-refractivity contribution in [3.8, 4) is 6.07 Å². The maximum absolute atomic E-state index is 12.7. The van der Waals surface area contributed by atoms with Crippen LogP contribution in [0.1, 0.15) is 51.2 Å². The molecule has 0 bridgehead atoms. The third-order valence-corrected chi connectivity index (χ3v) is 6.17. The van der Waals surface area contributed by atoms with Crippen LogP contribution in [0.25, 0.3) is 0 Å². The lowest BCUT2D eigenvalue weighted by atomic mass is 9.86. The molecule has 138 valence electrons. The fourth-order valence-corrected chi connectivity index (χ4v) is 4.16. The Bertz CT molecular complexity index is 713. The molecule has 5 nitrogen and oxygen atoms in total. The van der Waals surface area contributed by atoms with E-state index in [1.807, 2.05) is 30.3 Å². The van der Waals surface area contributed by atoms with Crippen molar-refractivity contribution in [2.45, 2.75) is 57.3 Å². The van der Waals surface area contributed by atoms with Crippen LogP contribution in [-0.2, 0) is 25.9 Å². The van der Waals surface area contributed by atoms with Gasteiger partial charge in [-0.15, -0.1) is 0 Å². The number of rotatable bonds is 9. The van der Waals surface area contributed by atoms with E-state index in [2.05, 4.69) is 20.8 Å². The lowest BCUT2D eigenvalue weighted by molar-refractivity contribution is 0.378. The summed E-state index contributed by atoms with van der Waals surface area (Å²) in [5.74, 6) is -0.0651. The summed E-state index contributed by atoms with van der Waals surface area (Å²) in [7, 11) is -3.51. The third-order valence-electron chi connectivity index (χ3n) is 4.37. The van der Waals surface area contributed by atoms with Crippen LogP contribution in [0.15, 0.2) is 24.3 Å². The molecular formula is C19H28N2O3S. The van der Waals surface area contributed by atoms with Crippen molar-refractivity contribution in [1.29, 1.82) is 5.26 Å². The van der Waals surface area contributed by atoms with Crippen LogP contribution in [0.2, 0.25) is 0 Å². The van der Waals surface area contributed by atoms with E-state index in [1.54, 1.807) is 0 Å². The molecule has 0 aromatic heterocycles. The molecule has 0 spiro atoms. The van der Waals surface area contributed by atoms with Crippen LogP contribution < -0.4 is 0 Å². The largest absolute Gasteiger partial charge is 0.373 e. The van der Waals surface area contributed by atoms with E-state index in [0.29, 0.717) is 12.6 Å². The number of hydrogen-bond acceptors (Lipinski definition) is 4. The zero-order chi connectivity index (χ0) is 18.5. The minimum absolute atomic E-state index is 0.0308. The van der Waals surface area contributed by atoms with Crippen molar-refractivity contribution in [2.24, 2.45) is 0 Å². The average Bonchev–Trinajstić information content (AvgIpc) is 3.33. The van der Waals surface area contributed by atoms with E-state index >= 15 is 0 Å². The lowest BCUT2D eigenvalue weighted by Crippen LogP contribution is -2.33. The number of hydrogen-bond donors (Lipinski definition) is 0. The molecule has 6 heteroatoms. The summed E-state index contributed by atoms with van der Waals surface area (Å²) in [4.78, 5) is 0. The van der Waals surface area contributed by atoms with E-state index in [4.69, 9.17) is 10.00 Å². The van der Waals surface area contributed by atoms with Gasteiger partial charge in [0.2, 0.25) is 10.0 Å². The zero-order valence-corrected chi connectivity index (χ0v) is 16.2. The van der Waals surface area contributed by atoms with Gasteiger partial charge in [0.05, 0.1) is 24.5 Å². The third kappa shape index (κ3) is 6.43. The van der Waals surface area contributed by atoms with Crippen molar-refractivity contribution < 1.29 is 13.2 Å². The van der Waals surface area contributed by atoms with E-state index in [-0.39, 0.29) is 17.7 Å². The molecule has 1 aliphatic rings. The lowest BCUT2D eigenvalue weighted by Gasteiger charge is -2.22. The van der Waals surface area contributed by atoms with Gasteiger partial charge in [-0.2, -0.15) is 9.57 Å². The second-order valence-electron chi connectivity index (χ2n) is 7.65. The highest BCUT2D eigenvalue weighted by molar-refractivity contribution is 7.88. The summed E-state index contributed by atoms with van der Waals surface area (Å²) in [6.07, 6.45) is 3.00. The Morgan fingerprint density at radius 2 is 2.04 bits per heavy atom. The van der Waals surface area contributed by atoms with Gasteiger partial charge >= 0.3 is 0 Å². The van der Waals surface area contributed by atoms with Crippen molar-refractivity contribution in [2.75, 3.05) is 19.7 Å². The Morgan fingerprint density at radius 1 is 1.32 bits per heavy atom. The molecule has 0 aliphatic carbocycles. The number of unbranched alkanes of at least 4 members (excludes halogenated alkanes) is 1. The number of nitrogens with zero attached hydrogens (tertiary/aromatic N) is 2.